The van der Waals surface area contributed by atoms with E-state index in [-0.39, 0.29) is 0 Å². The number of hydrogen-bond donors (Lipinski definition) is 2. The van der Waals surface area contributed by atoms with Crippen LogP contribution in [0.4, 0.5) is 5.69 Å². The van der Waals surface area contributed by atoms with Gasteiger partial charge in [-0.25, -0.2) is 4.79 Å². The van der Waals surface area contributed by atoms with Crippen LogP contribution in [0.25, 0.3) is 0 Å². The molecule has 0 atom stereocenters. The Balaban J connectivity index is 2.92. The highest BCUT2D eigenvalue weighted by atomic mass is 16.5. The zero-order valence-corrected chi connectivity index (χ0v) is 9.78. The first-order valence-corrected chi connectivity index (χ1v) is 5.20. The van der Waals surface area contributed by atoms with Gasteiger partial charge < -0.3 is 15.2 Å². The summed E-state index contributed by atoms with van der Waals surface area (Å²) in [5.41, 5.74) is -0.329. The maximum Gasteiger partial charge on any atom is 0.328 e. The van der Waals surface area contributed by atoms with Crippen LogP contribution in [-0.2, 0) is 4.79 Å². The largest absolute Gasteiger partial charge is 0.492 e. The minimum absolute atomic E-state index is 0.548. The average Bonchev–Trinajstić information content (AvgIpc) is 2.20. The molecular weight excluding hydrogens is 206 g/mol. The number of para-hydroxylation sites is 2. The van der Waals surface area contributed by atoms with Gasteiger partial charge in [0.1, 0.15) is 11.3 Å². The van der Waals surface area contributed by atoms with Crippen LogP contribution < -0.4 is 10.1 Å². The molecule has 0 unspecified atom stereocenters. The number of aliphatic carboxylic acids is 1. The molecule has 1 aromatic carbocycles. The van der Waals surface area contributed by atoms with Gasteiger partial charge in [-0.15, -0.1) is 0 Å². The summed E-state index contributed by atoms with van der Waals surface area (Å²) in [5.74, 6) is -0.238. The first-order chi connectivity index (χ1) is 7.47. The average molecular weight is 223 g/mol. The van der Waals surface area contributed by atoms with Gasteiger partial charge in [0, 0.05) is 0 Å². The van der Waals surface area contributed by atoms with Crippen LogP contribution in [0.1, 0.15) is 20.8 Å². The zero-order chi connectivity index (χ0) is 12.2. The van der Waals surface area contributed by atoms with Crippen LogP contribution >= 0.6 is 0 Å². The molecule has 1 rings (SSSR count). The summed E-state index contributed by atoms with van der Waals surface area (Å²) in [6, 6.07) is 7.30. The molecule has 1 aromatic rings. The van der Waals surface area contributed by atoms with Gasteiger partial charge in [-0.3, -0.25) is 0 Å². The number of carboxylic acids is 1. The molecule has 0 saturated heterocycles. The van der Waals surface area contributed by atoms with Gasteiger partial charge in [0.05, 0.1) is 12.3 Å². The van der Waals surface area contributed by atoms with Crippen LogP contribution in [0, 0.1) is 0 Å². The van der Waals surface area contributed by atoms with E-state index in [2.05, 4.69) is 5.32 Å². The third-order valence-electron chi connectivity index (χ3n) is 2.17. The Morgan fingerprint density at radius 3 is 2.62 bits per heavy atom. The number of nitrogens with one attached hydrogen (secondary N) is 1. The molecule has 0 saturated carbocycles. The lowest BCUT2D eigenvalue weighted by Crippen LogP contribution is -2.40. The van der Waals surface area contributed by atoms with Crippen LogP contribution in [0.15, 0.2) is 24.3 Å². The van der Waals surface area contributed by atoms with E-state index in [1.165, 1.54) is 0 Å². The van der Waals surface area contributed by atoms with Crippen molar-refractivity contribution in [2.24, 2.45) is 0 Å². The fraction of sp³-hybridized carbons (Fsp3) is 0.417. The lowest BCUT2D eigenvalue weighted by atomic mass is 10.1. The highest BCUT2D eigenvalue weighted by Gasteiger charge is 2.27. The predicted octanol–water partition coefficient (Wildman–Crippen LogP) is 2.36. The maximum atomic E-state index is 11.0. The number of anilines is 1. The Morgan fingerprint density at radius 2 is 2.06 bits per heavy atom. The quantitative estimate of drug-likeness (QED) is 0.804. The van der Waals surface area contributed by atoms with Crippen molar-refractivity contribution in [1.29, 1.82) is 0 Å². The third kappa shape index (κ3) is 2.89. The summed E-state index contributed by atoms with van der Waals surface area (Å²) in [4.78, 5) is 11.0. The molecule has 2 N–H and O–H groups in total. The van der Waals surface area contributed by atoms with Crippen LogP contribution in [0.2, 0.25) is 0 Å². The van der Waals surface area contributed by atoms with Crippen molar-refractivity contribution in [1.82, 2.24) is 0 Å². The summed E-state index contributed by atoms with van der Waals surface area (Å²) >= 11 is 0. The molecular formula is C12H17NO3. The zero-order valence-electron chi connectivity index (χ0n) is 9.78. The van der Waals surface area contributed by atoms with Gasteiger partial charge in [0.2, 0.25) is 0 Å². The summed E-state index contributed by atoms with van der Waals surface area (Å²) in [5, 5.41) is 12.0. The Bertz CT molecular complexity index is 374. The highest BCUT2D eigenvalue weighted by molar-refractivity contribution is 5.82. The van der Waals surface area contributed by atoms with Crippen LogP contribution in [0.5, 0.6) is 5.75 Å². The molecule has 4 heteroatoms. The van der Waals surface area contributed by atoms with Gasteiger partial charge >= 0.3 is 5.97 Å². The van der Waals surface area contributed by atoms with Crippen molar-refractivity contribution in [2.75, 3.05) is 11.9 Å². The molecule has 0 radical (unpaired) electrons. The summed E-state index contributed by atoms with van der Waals surface area (Å²) < 4.78 is 5.41. The van der Waals surface area contributed by atoms with Crippen molar-refractivity contribution >= 4 is 11.7 Å². The van der Waals surface area contributed by atoms with Gasteiger partial charge in [-0.05, 0) is 32.9 Å². The van der Waals surface area contributed by atoms with E-state index in [9.17, 15) is 4.79 Å². The monoisotopic (exact) mass is 223 g/mol. The molecule has 0 aliphatic rings. The van der Waals surface area contributed by atoms with Crippen molar-refractivity contribution in [3.05, 3.63) is 24.3 Å². The van der Waals surface area contributed by atoms with Gasteiger partial charge in [0.25, 0.3) is 0 Å². The molecule has 0 bridgehead atoms. The van der Waals surface area contributed by atoms with Gasteiger partial charge in [-0.2, -0.15) is 0 Å². The van der Waals surface area contributed by atoms with Crippen molar-refractivity contribution in [3.8, 4) is 5.75 Å². The molecule has 0 aromatic heterocycles. The molecule has 0 amide bonds. The van der Waals surface area contributed by atoms with Crippen LogP contribution in [-0.4, -0.2) is 23.2 Å². The Kier molecular flexibility index (Phi) is 3.77. The molecule has 0 spiro atoms. The standard InChI is InChI=1S/C12H17NO3/c1-4-16-10-8-6-5-7-9(10)13-12(2,3)11(14)15/h5-8,13H,4H2,1-3H3,(H,14,15). The Hall–Kier alpha value is -1.71. The molecule has 0 aliphatic heterocycles. The highest BCUT2D eigenvalue weighted by Crippen LogP contribution is 2.26. The third-order valence-corrected chi connectivity index (χ3v) is 2.17. The molecule has 0 aliphatic carbocycles. The molecule has 0 heterocycles. The second-order valence-corrected chi connectivity index (χ2v) is 3.98. The number of carboxylic acid groups (broad SMARTS) is 1. The van der Waals surface area contributed by atoms with E-state index < -0.39 is 11.5 Å². The second kappa shape index (κ2) is 4.88. The normalized spacial score (nSPS) is 10.9. The molecule has 4 nitrogen and oxygen atoms in total. The van der Waals surface area contributed by atoms with Gasteiger partial charge in [0.15, 0.2) is 0 Å². The predicted molar refractivity (Wildman–Crippen MR) is 62.9 cm³/mol. The van der Waals surface area contributed by atoms with E-state index in [1.807, 2.05) is 25.1 Å². The fourth-order valence-corrected chi connectivity index (χ4v) is 1.24. The maximum absolute atomic E-state index is 11.0. The van der Waals surface area contributed by atoms with Crippen molar-refractivity contribution < 1.29 is 14.6 Å². The van der Waals surface area contributed by atoms with E-state index >= 15 is 0 Å². The van der Waals surface area contributed by atoms with Crippen molar-refractivity contribution in [2.45, 2.75) is 26.3 Å². The topological polar surface area (TPSA) is 58.6 Å². The Labute approximate surface area is 95.2 Å². The van der Waals surface area contributed by atoms with Gasteiger partial charge in [-0.1, -0.05) is 12.1 Å². The number of ether oxygens (including phenoxy) is 1. The second-order valence-electron chi connectivity index (χ2n) is 3.98. The van der Waals surface area contributed by atoms with Crippen molar-refractivity contribution in [3.63, 3.8) is 0 Å². The first kappa shape index (κ1) is 12.4. The van der Waals surface area contributed by atoms with E-state index in [4.69, 9.17) is 9.84 Å². The first-order valence-electron chi connectivity index (χ1n) is 5.20. The van der Waals surface area contributed by atoms with E-state index in [0.717, 1.165) is 0 Å². The fourth-order valence-electron chi connectivity index (χ4n) is 1.24. The summed E-state index contributed by atoms with van der Waals surface area (Å²) in [7, 11) is 0. The number of hydrogen-bond acceptors (Lipinski definition) is 3. The Morgan fingerprint density at radius 1 is 1.44 bits per heavy atom. The minimum Gasteiger partial charge on any atom is -0.492 e. The molecule has 16 heavy (non-hydrogen) atoms. The SMILES string of the molecule is CCOc1ccccc1NC(C)(C)C(=O)O. The van der Waals surface area contributed by atoms with Crippen LogP contribution in [0.3, 0.4) is 0 Å². The van der Waals surface area contributed by atoms with E-state index in [0.29, 0.717) is 18.0 Å². The summed E-state index contributed by atoms with van der Waals surface area (Å²) in [6.45, 7) is 5.65. The number of carbonyl (C=O) groups is 1. The number of rotatable bonds is 5. The molecule has 0 fully saturated rings. The minimum atomic E-state index is -1.02. The lowest BCUT2D eigenvalue weighted by Gasteiger charge is -2.23. The molecule has 88 valence electrons. The number of benzene rings is 1. The lowest BCUT2D eigenvalue weighted by molar-refractivity contribution is -0.141. The summed E-state index contributed by atoms with van der Waals surface area (Å²) in [6.07, 6.45) is 0. The smallest absolute Gasteiger partial charge is 0.328 e. The van der Waals surface area contributed by atoms with E-state index in [1.54, 1.807) is 19.9 Å².